The van der Waals surface area contributed by atoms with Crippen LogP contribution in [0.3, 0.4) is 0 Å². The lowest BCUT2D eigenvalue weighted by atomic mass is 9.90. The number of aromatic nitrogens is 3. The van der Waals surface area contributed by atoms with Crippen LogP contribution in [0.2, 0.25) is 0 Å². The molecule has 0 N–H and O–H groups in total. The number of fused-ring (bicyclic) bond motifs is 2. The summed E-state index contributed by atoms with van der Waals surface area (Å²) in [6.45, 7) is 6.84. The van der Waals surface area contributed by atoms with Gasteiger partial charge in [0.15, 0.2) is 11.3 Å². The zero-order valence-corrected chi connectivity index (χ0v) is 14.2. The maximum Gasteiger partial charge on any atom is 0.275 e. The van der Waals surface area contributed by atoms with Crippen LogP contribution >= 0.6 is 11.3 Å². The molecule has 0 atom stereocenters. The summed E-state index contributed by atoms with van der Waals surface area (Å²) in [7, 11) is 0. The molecule has 1 aliphatic heterocycles. The Kier molecular flexibility index (Phi) is 3.06. The van der Waals surface area contributed by atoms with E-state index in [1.54, 1.807) is 28.1 Å². The third kappa shape index (κ3) is 2.34. The average molecular weight is 326 g/mol. The smallest absolute Gasteiger partial charge is 0.275 e. The van der Waals surface area contributed by atoms with Crippen molar-refractivity contribution < 1.29 is 4.79 Å². The van der Waals surface area contributed by atoms with Crippen LogP contribution in [0, 0.1) is 6.92 Å². The number of rotatable bonds is 1. The predicted octanol–water partition coefficient (Wildman–Crippen LogP) is 3.08. The highest BCUT2D eigenvalue weighted by Crippen LogP contribution is 2.34. The summed E-state index contributed by atoms with van der Waals surface area (Å²) in [6, 6.07) is 3.88. The number of carbonyl (C=O) groups excluding carboxylic acids is 1. The van der Waals surface area contributed by atoms with Crippen molar-refractivity contribution in [2.24, 2.45) is 0 Å². The Morgan fingerprint density at radius 3 is 3.04 bits per heavy atom. The normalized spacial score (nSPS) is 16.6. The fraction of sp³-hybridized carbons (Fsp3) is 0.353. The van der Waals surface area contributed by atoms with Gasteiger partial charge in [-0.05, 0) is 43.3 Å². The molecule has 0 saturated heterocycles. The van der Waals surface area contributed by atoms with Crippen molar-refractivity contribution in [3.05, 3.63) is 51.6 Å². The van der Waals surface area contributed by atoms with Gasteiger partial charge in [0.2, 0.25) is 0 Å². The Morgan fingerprint density at radius 2 is 2.22 bits per heavy atom. The molecule has 0 saturated carbocycles. The number of hydrogen-bond donors (Lipinski definition) is 0. The predicted molar refractivity (Wildman–Crippen MR) is 89.7 cm³/mol. The lowest BCUT2D eigenvalue weighted by molar-refractivity contribution is 0.0486. The van der Waals surface area contributed by atoms with E-state index < -0.39 is 0 Å². The second kappa shape index (κ2) is 4.89. The zero-order valence-electron chi connectivity index (χ0n) is 13.4. The Bertz CT molecular complexity index is 908. The second-order valence-electron chi connectivity index (χ2n) is 6.71. The van der Waals surface area contributed by atoms with Crippen LogP contribution in [0.25, 0.3) is 5.65 Å². The first-order chi connectivity index (χ1) is 10.9. The molecule has 0 radical (unpaired) electrons. The molecule has 0 aliphatic carbocycles. The first-order valence-electron chi connectivity index (χ1n) is 7.63. The van der Waals surface area contributed by atoms with Gasteiger partial charge in [-0.1, -0.05) is 0 Å². The van der Waals surface area contributed by atoms with Gasteiger partial charge in [-0.2, -0.15) is 5.10 Å². The molecule has 0 fully saturated rings. The van der Waals surface area contributed by atoms with E-state index in [-0.39, 0.29) is 11.4 Å². The highest BCUT2D eigenvalue weighted by atomic mass is 32.1. The van der Waals surface area contributed by atoms with E-state index >= 15 is 0 Å². The molecule has 5 nitrogen and oxygen atoms in total. The molecule has 118 valence electrons. The molecule has 0 unspecified atom stereocenters. The van der Waals surface area contributed by atoms with Crippen molar-refractivity contribution in [1.29, 1.82) is 0 Å². The Morgan fingerprint density at radius 1 is 1.39 bits per heavy atom. The largest absolute Gasteiger partial charge is 0.327 e. The van der Waals surface area contributed by atoms with E-state index in [1.807, 2.05) is 18.0 Å². The van der Waals surface area contributed by atoms with Crippen LogP contribution in [-0.2, 0) is 13.0 Å². The standard InChI is InChI=1S/C17H18N4OS/c1-11-8-18-15-6-13(19-21(15)9-11)16(22)20-10-12-4-5-23-14(12)7-17(20,2)3/h4-6,8-9H,7,10H2,1-3H3. The van der Waals surface area contributed by atoms with Crippen molar-refractivity contribution >= 4 is 22.9 Å². The third-order valence-corrected chi connectivity index (χ3v) is 5.36. The summed E-state index contributed by atoms with van der Waals surface area (Å²) in [6.07, 6.45) is 4.56. The molecule has 0 aromatic carbocycles. The third-order valence-electron chi connectivity index (χ3n) is 4.40. The van der Waals surface area contributed by atoms with E-state index in [1.165, 1.54) is 10.4 Å². The number of carbonyl (C=O) groups is 1. The molecular formula is C17H18N4OS. The molecule has 0 spiro atoms. The molecular weight excluding hydrogens is 308 g/mol. The van der Waals surface area contributed by atoms with Gasteiger partial charge in [-0.3, -0.25) is 4.79 Å². The van der Waals surface area contributed by atoms with E-state index in [0.29, 0.717) is 17.9 Å². The topological polar surface area (TPSA) is 50.5 Å². The van der Waals surface area contributed by atoms with Crippen LogP contribution in [0.5, 0.6) is 0 Å². The Balaban J connectivity index is 1.72. The molecule has 3 aromatic rings. The van der Waals surface area contributed by atoms with Gasteiger partial charge in [0.25, 0.3) is 5.91 Å². The number of aryl methyl sites for hydroxylation is 1. The fourth-order valence-electron chi connectivity index (χ4n) is 3.10. The molecule has 1 aliphatic rings. The van der Waals surface area contributed by atoms with Crippen LogP contribution < -0.4 is 0 Å². The first-order valence-corrected chi connectivity index (χ1v) is 8.51. The van der Waals surface area contributed by atoms with Crippen LogP contribution in [0.1, 0.15) is 40.3 Å². The number of thiophene rings is 1. The SMILES string of the molecule is Cc1cnc2cc(C(=O)N3Cc4ccsc4CC3(C)C)nn2c1. The van der Waals surface area contributed by atoms with Crippen molar-refractivity contribution in [3.63, 3.8) is 0 Å². The summed E-state index contributed by atoms with van der Waals surface area (Å²) >= 11 is 1.77. The van der Waals surface area contributed by atoms with Crippen LogP contribution in [0.15, 0.2) is 29.9 Å². The first kappa shape index (κ1) is 14.4. The van der Waals surface area contributed by atoms with Gasteiger partial charge in [0.05, 0.1) is 0 Å². The highest BCUT2D eigenvalue weighted by molar-refractivity contribution is 7.10. The number of hydrogen-bond acceptors (Lipinski definition) is 4. The van der Waals surface area contributed by atoms with Crippen LogP contribution in [0.4, 0.5) is 0 Å². The van der Waals surface area contributed by atoms with Gasteiger partial charge in [0.1, 0.15) is 0 Å². The molecule has 1 amide bonds. The van der Waals surface area contributed by atoms with Gasteiger partial charge >= 0.3 is 0 Å². The van der Waals surface area contributed by atoms with E-state index in [2.05, 4.69) is 35.4 Å². The van der Waals surface area contributed by atoms with Crippen molar-refractivity contribution in [3.8, 4) is 0 Å². The molecule has 4 rings (SSSR count). The summed E-state index contributed by atoms with van der Waals surface area (Å²) in [5.74, 6) is -0.0324. The molecule has 4 heterocycles. The van der Waals surface area contributed by atoms with Crippen LogP contribution in [-0.4, -0.2) is 30.9 Å². The minimum Gasteiger partial charge on any atom is -0.327 e. The van der Waals surface area contributed by atoms with Gasteiger partial charge in [-0.25, -0.2) is 9.50 Å². The lowest BCUT2D eigenvalue weighted by Gasteiger charge is -2.41. The van der Waals surface area contributed by atoms with Crippen molar-refractivity contribution in [2.45, 2.75) is 39.3 Å². The Labute approximate surface area is 138 Å². The minimum absolute atomic E-state index is 0.0324. The summed E-state index contributed by atoms with van der Waals surface area (Å²) in [4.78, 5) is 20.7. The zero-order chi connectivity index (χ0) is 16.2. The van der Waals surface area contributed by atoms with E-state index in [0.717, 1.165) is 12.0 Å². The van der Waals surface area contributed by atoms with Crippen molar-refractivity contribution in [1.82, 2.24) is 19.5 Å². The quantitative estimate of drug-likeness (QED) is 0.690. The summed E-state index contributed by atoms with van der Waals surface area (Å²) < 4.78 is 1.68. The highest BCUT2D eigenvalue weighted by Gasteiger charge is 2.37. The van der Waals surface area contributed by atoms with Gasteiger partial charge in [0, 0.05) is 41.8 Å². The maximum atomic E-state index is 13.0. The van der Waals surface area contributed by atoms with Gasteiger partial charge in [-0.15, -0.1) is 11.3 Å². The monoisotopic (exact) mass is 326 g/mol. The minimum atomic E-state index is -0.214. The van der Waals surface area contributed by atoms with Gasteiger partial charge < -0.3 is 4.90 Å². The Hall–Kier alpha value is -2.21. The summed E-state index contributed by atoms with van der Waals surface area (Å²) in [5, 5.41) is 6.53. The number of amides is 1. The lowest BCUT2D eigenvalue weighted by Crippen LogP contribution is -2.51. The fourth-order valence-corrected chi connectivity index (χ4v) is 4.21. The molecule has 3 aromatic heterocycles. The van der Waals surface area contributed by atoms with Crippen molar-refractivity contribution in [2.75, 3.05) is 0 Å². The molecule has 6 heteroatoms. The van der Waals surface area contributed by atoms with E-state index in [4.69, 9.17) is 0 Å². The molecule has 23 heavy (non-hydrogen) atoms. The maximum absolute atomic E-state index is 13.0. The number of nitrogens with zero attached hydrogens (tertiary/aromatic N) is 4. The second-order valence-corrected chi connectivity index (χ2v) is 7.71. The average Bonchev–Trinajstić information content (AvgIpc) is 3.09. The summed E-state index contributed by atoms with van der Waals surface area (Å²) in [5.41, 5.74) is 3.20. The van der Waals surface area contributed by atoms with E-state index in [9.17, 15) is 4.79 Å². The molecule has 0 bridgehead atoms.